The van der Waals surface area contributed by atoms with Crippen LogP contribution in [0.5, 0.6) is 0 Å². The van der Waals surface area contributed by atoms with E-state index < -0.39 is 0 Å². The van der Waals surface area contributed by atoms with Crippen LogP contribution in [0.15, 0.2) is 77.9 Å². The number of hydrogen-bond acceptors (Lipinski definition) is 2. The minimum atomic E-state index is -0.0927. The molecule has 2 aromatic rings. The van der Waals surface area contributed by atoms with E-state index in [0.29, 0.717) is 0 Å². The molecule has 2 aliphatic rings. The van der Waals surface area contributed by atoms with Crippen molar-refractivity contribution >= 4 is 11.3 Å². The van der Waals surface area contributed by atoms with Crippen LogP contribution in [0.2, 0.25) is 0 Å². The van der Waals surface area contributed by atoms with E-state index in [0.717, 1.165) is 29.9 Å². The molecular formula is C23H23NO. The van der Waals surface area contributed by atoms with Crippen LogP contribution in [0.3, 0.4) is 0 Å². The molecule has 0 spiro atoms. The van der Waals surface area contributed by atoms with Crippen LogP contribution in [0.1, 0.15) is 31.4 Å². The lowest BCUT2D eigenvalue weighted by Crippen LogP contribution is -2.22. The van der Waals surface area contributed by atoms with E-state index >= 15 is 0 Å². The smallest absolute Gasteiger partial charge is 0.131 e. The first-order valence-corrected chi connectivity index (χ1v) is 8.82. The van der Waals surface area contributed by atoms with Gasteiger partial charge in [-0.3, -0.25) is 0 Å². The second-order valence-corrected chi connectivity index (χ2v) is 7.12. The highest BCUT2D eigenvalue weighted by Gasteiger charge is 2.38. The first-order chi connectivity index (χ1) is 12.1. The monoisotopic (exact) mass is 329 g/mol. The largest absolute Gasteiger partial charge is 0.492 e. The molecule has 0 unspecified atom stereocenters. The van der Waals surface area contributed by atoms with E-state index in [1.807, 2.05) is 6.07 Å². The van der Waals surface area contributed by atoms with Crippen LogP contribution < -0.4 is 4.90 Å². The first kappa shape index (κ1) is 15.8. The first-order valence-electron chi connectivity index (χ1n) is 8.82. The summed E-state index contributed by atoms with van der Waals surface area (Å²) < 4.78 is 5.89. The molecule has 0 saturated heterocycles. The fraction of sp³-hybridized carbons (Fsp3) is 0.261. The van der Waals surface area contributed by atoms with Gasteiger partial charge in [0.2, 0.25) is 0 Å². The minimum Gasteiger partial charge on any atom is -0.492 e. The van der Waals surface area contributed by atoms with Gasteiger partial charge in [0.1, 0.15) is 5.76 Å². The van der Waals surface area contributed by atoms with Crippen LogP contribution in [-0.4, -0.2) is 13.7 Å². The molecular weight excluding hydrogens is 306 g/mol. The Morgan fingerprint density at radius 1 is 1.04 bits per heavy atom. The van der Waals surface area contributed by atoms with E-state index in [9.17, 15) is 0 Å². The molecule has 0 atom stereocenters. The molecule has 0 fully saturated rings. The number of likely N-dealkylation sites (N-methyl/N-ethyl adjacent to an activating group) is 1. The van der Waals surface area contributed by atoms with Crippen LogP contribution in [0.25, 0.3) is 5.57 Å². The second-order valence-electron chi connectivity index (χ2n) is 7.12. The molecule has 2 heteroatoms. The van der Waals surface area contributed by atoms with Crippen molar-refractivity contribution in [2.45, 2.75) is 25.7 Å². The number of allylic oxidation sites excluding steroid dienone is 1. The Kier molecular flexibility index (Phi) is 3.78. The van der Waals surface area contributed by atoms with Gasteiger partial charge in [-0.05, 0) is 37.1 Å². The molecule has 126 valence electrons. The number of anilines is 1. The zero-order valence-corrected chi connectivity index (χ0v) is 15.0. The third-order valence-corrected chi connectivity index (χ3v) is 5.12. The fourth-order valence-corrected chi connectivity index (χ4v) is 3.79. The van der Waals surface area contributed by atoms with Gasteiger partial charge in [-0.1, -0.05) is 54.3 Å². The lowest BCUT2D eigenvalue weighted by molar-refractivity contribution is 0.260. The highest BCUT2D eigenvalue weighted by molar-refractivity contribution is 5.79. The SMILES string of the molecule is CN1C(=C=C(C2=CCCO2)c2ccccc2)C(C)(C)c2ccccc21. The van der Waals surface area contributed by atoms with Crippen molar-refractivity contribution in [2.24, 2.45) is 0 Å². The van der Waals surface area contributed by atoms with Gasteiger partial charge in [0, 0.05) is 24.6 Å². The third kappa shape index (κ3) is 2.59. The average Bonchev–Trinajstić information content (AvgIpc) is 3.22. The number of hydrogen-bond donors (Lipinski definition) is 0. The summed E-state index contributed by atoms with van der Waals surface area (Å²) in [5.74, 6) is 0.943. The average molecular weight is 329 g/mol. The zero-order valence-electron chi connectivity index (χ0n) is 15.0. The summed E-state index contributed by atoms with van der Waals surface area (Å²) in [5, 5.41) is 0. The van der Waals surface area contributed by atoms with E-state index in [1.54, 1.807) is 0 Å². The van der Waals surface area contributed by atoms with Crippen LogP contribution in [-0.2, 0) is 10.2 Å². The van der Waals surface area contributed by atoms with E-state index in [-0.39, 0.29) is 5.41 Å². The maximum Gasteiger partial charge on any atom is 0.131 e. The van der Waals surface area contributed by atoms with Crippen molar-refractivity contribution in [3.8, 4) is 0 Å². The summed E-state index contributed by atoms with van der Waals surface area (Å²) in [6.45, 7) is 5.29. The van der Waals surface area contributed by atoms with Gasteiger partial charge in [-0.2, -0.15) is 0 Å². The van der Waals surface area contributed by atoms with Crippen LogP contribution in [0, 0.1) is 0 Å². The number of fused-ring (bicyclic) bond motifs is 1. The normalized spacial score (nSPS) is 17.6. The maximum absolute atomic E-state index is 5.89. The highest BCUT2D eigenvalue weighted by atomic mass is 16.5. The molecule has 2 nitrogen and oxygen atoms in total. The van der Waals surface area contributed by atoms with Gasteiger partial charge in [-0.15, -0.1) is 0 Å². The summed E-state index contributed by atoms with van der Waals surface area (Å²) in [5.41, 5.74) is 9.58. The number of ether oxygens (including phenoxy) is 1. The molecule has 0 saturated carbocycles. The van der Waals surface area contributed by atoms with Crippen LogP contribution in [0.4, 0.5) is 5.69 Å². The summed E-state index contributed by atoms with van der Waals surface area (Å²) in [6, 6.07) is 19.0. The van der Waals surface area contributed by atoms with Crippen LogP contribution >= 0.6 is 0 Å². The second kappa shape index (κ2) is 5.98. The predicted molar refractivity (Wildman–Crippen MR) is 103 cm³/mol. The number of para-hydroxylation sites is 1. The van der Waals surface area contributed by atoms with E-state index in [1.165, 1.54) is 16.9 Å². The van der Waals surface area contributed by atoms with Gasteiger partial charge in [0.25, 0.3) is 0 Å². The third-order valence-electron chi connectivity index (χ3n) is 5.12. The molecule has 0 amide bonds. The molecule has 25 heavy (non-hydrogen) atoms. The Morgan fingerprint density at radius 2 is 1.76 bits per heavy atom. The molecule has 0 aliphatic carbocycles. The van der Waals surface area contributed by atoms with E-state index in [4.69, 9.17) is 4.74 Å². The molecule has 0 radical (unpaired) electrons. The standard InChI is InChI=1S/C23H23NO/c1-23(2)19-12-7-8-13-20(19)24(3)22(23)16-18(21-14-9-15-25-21)17-10-5-4-6-11-17/h4-8,10-14H,9,15H2,1-3H3. The summed E-state index contributed by atoms with van der Waals surface area (Å²) in [7, 11) is 2.13. The van der Waals surface area contributed by atoms with Crippen molar-refractivity contribution < 1.29 is 4.74 Å². The van der Waals surface area contributed by atoms with Crippen molar-refractivity contribution in [3.05, 3.63) is 89.0 Å². The van der Waals surface area contributed by atoms with Gasteiger partial charge in [0.05, 0.1) is 17.9 Å². The topological polar surface area (TPSA) is 12.5 Å². The summed E-state index contributed by atoms with van der Waals surface area (Å²) >= 11 is 0. The molecule has 0 aromatic heterocycles. The Labute approximate surface area is 149 Å². The number of nitrogens with zero attached hydrogens (tertiary/aromatic N) is 1. The van der Waals surface area contributed by atoms with Gasteiger partial charge < -0.3 is 9.64 Å². The van der Waals surface area contributed by atoms with Crippen molar-refractivity contribution in [2.75, 3.05) is 18.6 Å². The lowest BCUT2D eigenvalue weighted by atomic mass is 9.84. The highest BCUT2D eigenvalue weighted by Crippen LogP contribution is 2.46. The van der Waals surface area contributed by atoms with Crippen molar-refractivity contribution in [1.29, 1.82) is 0 Å². The molecule has 0 bridgehead atoms. The number of benzene rings is 2. The van der Waals surface area contributed by atoms with Gasteiger partial charge >= 0.3 is 0 Å². The van der Waals surface area contributed by atoms with Gasteiger partial charge in [-0.25, -0.2) is 0 Å². The summed E-state index contributed by atoms with van der Waals surface area (Å²) in [4.78, 5) is 2.26. The fourth-order valence-electron chi connectivity index (χ4n) is 3.79. The Balaban J connectivity index is 1.96. The molecule has 2 aliphatic heterocycles. The quantitative estimate of drug-likeness (QED) is 0.695. The predicted octanol–water partition coefficient (Wildman–Crippen LogP) is 5.28. The van der Waals surface area contributed by atoms with Crippen molar-refractivity contribution in [3.63, 3.8) is 0 Å². The van der Waals surface area contributed by atoms with Crippen molar-refractivity contribution in [1.82, 2.24) is 0 Å². The molecule has 2 heterocycles. The van der Waals surface area contributed by atoms with Gasteiger partial charge in [0.15, 0.2) is 0 Å². The zero-order chi connectivity index (χ0) is 17.4. The minimum absolute atomic E-state index is 0.0927. The Morgan fingerprint density at radius 3 is 2.44 bits per heavy atom. The Hall–Kier alpha value is -2.70. The summed E-state index contributed by atoms with van der Waals surface area (Å²) in [6.07, 6.45) is 3.13. The Bertz CT molecular complexity index is 899. The number of rotatable bonds is 2. The lowest BCUT2D eigenvalue weighted by Gasteiger charge is -2.22. The molecule has 4 rings (SSSR count). The maximum atomic E-state index is 5.89. The molecule has 0 N–H and O–H groups in total. The van der Waals surface area contributed by atoms with E-state index in [2.05, 4.69) is 86.1 Å². The molecule has 2 aromatic carbocycles.